The van der Waals surface area contributed by atoms with Crippen molar-refractivity contribution in [2.75, 3.05) is 19.6 Å². The minimum atomic E-state index is -0.218. The van der Waals surface area contributed by atoms with E-state index < -0.39 is 0 Å². The second-order valence-corrected chi connectivity index (χ2v) is 4.72. The molecule has 0 aliphatic carbocycles. The molecule has 2 N–H and O–H groups in total. The number of carbonyl (C=O) groups is 1. The van der Waals surface area contributed by atoms with Gasteiger partial charge in [-0.1, -0.05) is 32.0 Å². The fraction of sp³-hybridized carbons (Fsp3) is 0.500. The molecule has 0 saturated carbocycles. The Kier molecular flexibility index (Phi) is 6.36. The summed E-state index contributed by atoms with van der Waals surface area (Å²) in [5.41, 5.74) is 0.632. The van der Waals surface area contributed by atoms with E-state index in [1.165, 1.54) is 6.07 Å². The molecule has 0 aromatic heterocycles. The van der Waals surface area contributed by atoms with Gasteiger partial charge in [0, 0.05) is 6.54 Å². The zero-order valence-corrected chi connectivity index (χ0v) is 11.0. The van der Waals surface area contributed by atoms with Crippen molar-refractivity contribution >= 4 is 5.91 Å². The first-order chi connectivity index (χ1) is 8.59. The highest BCUT2D eigenvalue weighted by Gasteiger charge is 2.03. The molecule has 1 rings (SSSR count). The van der Waals surface area contributed by atoms with Crippen molar-refractivity contribution in [2.24, 2.45) is 5.92 Å². The first-order valence-corrected chi connectivity index (χ1v) is 6.30. The van der Waals surface area contributed by atoms with Crippen LogP contribution in [0.25, 0.3) is 0 Å². The lowest BCUT2D eigenvalue weighted by atomic mass is 10.1. The Morgan fingerprint density at radius 3 is 2.72 bits per heavy atom. The van der Waals surface area contributed by atoms with Crippen LogP contribution in [0.3, 0.4) is 0 Å². The van der Waals surface area contributed by atoms with Crippen LogP contribution >= 0.6 is 0 Å². The maximum Gasteiger partial charge on any atom is 0.233 e. The maximum absolute atomic E-state index is 13.3. The predicted octanol–water partition coefficient (Wildman–Crippen LogP) is 1.73. The minimum Gasteiger partial charge on any atom is -0.355 e. The molecule has 0 heterocycles. The monoisotopic (exact) mass is 252 g/mol. The van der Waals surface area contributed by atoms with Crippen molar-refractivity contribution in [1.29, 1.82) is 0 Å². The zero-order valence-electron chi connectivity index (χ0n) is 11.0. The van der Waals surface area contributed by atoms with E-state index in [0.717, 1.165) is 6.54 Å². The van der Waals surface area contributed by atoms with E-state index in [9.17, 15) is 9.18 Å². The van der Waals surface area contributed by atoms with Gasteiger partial charge in [0.1, 0.15) is 5.82 Å². The second-order valence-electron chi connectivity index (χ2n) is 4.72. The Morgan fingerprint density at radius 1 is 1.33 bits per heavy atom. The highest BCUT2D eigenvalue weighted by molar-refractivity contribution is 5.77. The SMILES string of the molecule is CC(C)CNCC(=O)NCCc1ccccc1F. The van der Waals surface area contributed by atoms with E-state index in [0.29, 0.717) is 31.0 Å². The van der Waals surface area contributed by atoms with Gasteiger partial charge in [0.25, 0.3) is 0 Å². The first-order valence-electron chi connectivity index (χ1n) is 6.30. The predicted molar refractivity (Wildman–Crippen MR) is 70.8 cm³/mol. The quantitative estimate of drug-likeness (QED) is 0.776. The molecule has 3 nitrogen and oxygen atoms in total. The normalized spacial score (nSPS) is 10.7. The van der Waals surface area contributed by atoms with Crippen molar-refractivity contribution < 1.29 is 9.18 Å². The van der Waals surface area contributed by atoms with Crippen molar-refractivity contribution in [3.8, 4) is 0 Å². The van der Waals surface area contributed by atoms with Gasteiger partial charge in [0.05, 0.1) is 6.54 Å². The molecular formula is C14H21FN2O. The van der Waals surface area contributed by atoms with Gasteiger partial charge in [-0.25, -0.2) is 4.39 Å². The highest BCUT2D eigenvalue weighted by Crippen LogP contribution is 2.05. The van der Waals surface area contributed by atoms with Crippen LogP contribution in [0.5, 0.6) is 0 Å². The van der Waals surface area contributed by atoms with Crippen molar-refractivity contribution in [1.82, 2.24) is 10.6 Å². The van der Waals surface area contributed by atoms with Crippen molar-refractivity contribution in [3.63, 3.8) is 0 Å². The van der Waals surface area contributed by atoms with Crippen molar-refractivity contribution in [2.45, 2.75) is 20.3 Å². The zero-order chi connectivity index (χ0) is 13.4. The smallest absolute Gasteiger partial charge is 0.233 e. The molecule has 0 aliphatic rings. The van der Waals surface area contributed by atoms with Gasteiger partial charge >= 0.3 is 0 Å². The summed E-state index contributed by atoms with van der Waals surface area (Å²) in [6.45, 7) is 5.77. The third-order valence-corrected chi connectivity index (χ3v) is 2.51. The van der Waals surface area contributed by atoms with E-state index in [-0.39, 0.29) is 11.7 Å². The number of halogens is 1. The number of hydrogen-bond acceptors (Lipinski definition) is 2. The van der Waals surface area contributed by atoms with Crippen LogP contribution in [0.1, 0.15) is 19.4 Å². The molecule has 0 saturated heterocycles. The molecule has 0 spiro atoms. The van der Waals surface area contributed by atoms with Crippen LogP contribution in [0.4, 0.5) is 4.39 Å². The minimum absolute atomic E-state index is 0.0491. The van der Waals surface area contributed by atoms with Crippen LogP contribution in [0.15, 0.2) is 24.3 Å². The Bertz CT molecular complexity index is 380. The topological polar surface area (TPSA) is 41.1 Å². The number of carbonyl (C=O) groups excluding carboxylic acids is 1. The van der Waals surface area contributed by atoms with Crippen LogP contribution in [0.2, 0.25) is 0 Å². The van der Waals surface area contributed by atoms with E-state index in [1.54, 1.807) is 18.2 Å². The molecule has 0 atom stereocenters. The Hall–Kier alpha value is -1.42. The number of rotatable bonds is 7. The third-order valence-electron chi connectivity index (χ3n) is 2.51. The molecule has 0 fully saturated rings. The number of amides is 1. The molecule has 1 amide bonds. The molecule has 1 aromatic rings. The van der Waals surface area contributed by atoms with Gasteiger partial charge in [-0.2, -0.15) is 0 Å². The molecule has 0 radical (unpaired) electrons. The molecule has 18 heavy (non-hydrogen) atoms. The summed E-state index contributed by atoms with van der Waals surface area (Å²) in [5, 5.41) is 5.82. The molecule has 1 aromatic carbocycles. The summed E-state index contributed by atoms with van der Waals surface area (Å²) >= 11 is 0. The molecule has 100 valence electrons. The Labute approximate surface area is 108 Å². The number of nitrogens with one attached hydrogen (secondary N) is 2. The van der Waals surface area contributed by atoms with Gasteiger partial charge in [0.2, 0.25) is 5.91 Å². The first kappa shape index (κ1) is 14.6. The molecule has 0 unspecified atom stereocenters. The maximum atomic E-state index is 13.3. The number of hydrogen-bond donors (Lipinski definition) is 2. The lowest BCUT2D eigenvalue weighted by molar-refractivity contribution is -0.120. The Balaban J connectivity index is 2.18. The van der Waals surface area contributed by atoms with Gasteiger partial charge in [-0.15, -0.1) is 0 Å². The van der Waals surface area contributed by atoms with E-state index in [1.807, 2.05) is 0 Å². The average Bonchev–Trinajstić information content (AvgIpc) is 2.31. The molecule has 0 bridgehead atoms. The standard InChI is InChI=1S/C14H21FN2O/c1-11(2)9-16-10-14(18)17-8-7-12-5-3-4-6-13(12)15/h3-6,11,16H,7-10H2,1-2H3,(H,17,18). The van der Waals surface area contributed by atoms with Gasteiger partial charge < -0.3 is 10.6 Å². The van der Waals surface area contributed by atoms with Crippen LogP contribution in [0, 0.1) is 11.7 Å². The fourth-order valence-corrected chi connectivity index (χ4v) is 1.57. The summed E-state index contributed by atoms with van der Waals surface area (Å²) in [7, 11) is 0. The second kappa shape index (κ2) is 7.82. The van der Waals surface area contributed by atoms with Crippen LogP contribution in [-0.2, 0) is 11.2 Å². The van der Waals surface area contributed by atoms with Crippen LogP contribution in [-0.4, -0.2) is 25.5 Å². The van der Waals surface area contributed by atoms with Gasteiger partial charge in [-0.05, 0) is 30.5 Å². The van der Waals surface area contributed by atoms with Gasteiger partial charge in [0.15, 0.2) is 0 Å². The molecule has 4 heteroatoms. The lowest BCUT2D eigenvalue weighted by Crippen LogP contribution is -2.36. The van der Waals surface area contributed by atoms with Crippen LogP contribution < -0.4 is 10.6 Å². The van der Waals surface area contributed by atoms with E-state index in [4.69, 9.17) is 0 Å². The number of benzene rings is 1. The molecule has 0 aliphatic heterocycles. The Morgan fingerprint density at radius 2 is 2.06 bits per heavy atom. The highest BCUT2D eigenvalue weighted by atomic mass is 19.1. The third kappa shape index (κ3) is 5.77. The fourth-order valence-electron chi connectivity index (χ4n) is 1.57. The lowest BCUT2D eigenvalue weighted by Gasteiger charge is -2.08. The average molecular weight is 252 g/mol. The summed E-state index contributed by atoms with van der Waals surface area (Å²) in [6.07, 6.45) is 0.516. The summed E-state index contributed by atoms with van der Waals surface area (Å²) in [6, 6.07) is 6.62. The summed E-state index contributed by atoms with van der Waals surface area (Å²) in [5.74, 6) is 0.257. The summed E-state index contributed by atoms with van der Waals surface area (Å²) < 4.78 is 13.3. The van der Waals surface area contributed by atoms with Crippen molar-refractivity contribution in [3.05, 3.63) is 35.6 Å². The molecular weight excluding hydrogens is 231 g/mol. The summed E-state index contributed by atoms with van der Waals surface area (Å²) in [4.78, 5) is 11.4. The van der Waals surface area contributed by atoms with E-state index >= 15 is 0 Å². The largest absolute Gasteiger partial charge is 0.355 e. The van der Waals surface area contributed by atoms with Gasteiger partial charge in [-0.3, -0.25) is 4.79 Å². The van der Waals surface area contributed by atoms with E-state index in [2.05, 4.69) is 24.5 Å².